The van der Waals surface area contributed by atoms with Crippen LogP contribution in [0.5, 0.6) is 0 Å². The normalized spacial score (nSPS) is 14.7. The first-order chi connectivity index (χ1) is 11.7. The Kier molecular flexibility index (Phi) is 5.42. The van der Waals surface area contributed by atoms with Gasteiger partial charge in [-0.1, -0.05) is 6.92 Å². The molecule has 0 spiro atoms. The van der Waals surface area contributed by atoms with Crippen molar-refractivity contribution in [1.29, 1.82) is 0 Å². The number of nitrogens with zero attached hydrogens (tertiary/aromatic N) is 3. The number of carbonyl (C=O) groups excluding carboxylic acids is 1. The highest BCUT2D eigenvalue weighted by Gasteiger charge is 2.25. The maximum absolute atomic E-state index is 12.4. The number of pyridine rings is 1. The number of hydrogen-bond acceptors (Lipinski definition) is 7. The van der Waals surface area contributed by atoms with E-state index in [0.29, 0.717) is 30.5 Å². The monoisotopic (exact) mass is 347 g/mol. The molecule has 1 aliphatic rings. The van der Waals surface area contributed by atoms with E-state index in [-0.39, 0.29) is 5.97 Å². The summed E-state index contributed by atoms with van der Waals surface area (Å²) in [5.41, 5.74) is 1.99. The fourth-order valence-corrected chi connectivity index (χ4v) is 3.54. The summed E-state index contributed by atoms with van der Waals surface area (Å²) in [4.78, 5) is 24.1. The van der Waals surface area contributed by atoms with E-state index >= 15 is 0 Å². The van der Waals surface area contributed by atoms with Gasteiger partial charge in [0, 0.05) is 30.5 Å². The number of hydrogen-bond donors (Lipinski definition) is 0. The van der Waals surface area contributed by atoms with Crippen molar-refractivity contribution in [3.05, 3.63) is 28.9 Å². The lowest BCUT2D eigenvalue weighted by molar-refractivity contribution is 0.0531. The Morgan fingerprint density at radius 3 is 2.88 bits per heavy atom. The molecule has 7 heteroatoms. The molecular weight excluding hydrogens is 326 g/mol. The third-order valence-electron chi connectivity index (χ3n) is 3.81. The summed E-state index contributed by atoms with van der Waals surface area (Å²) in [6, 6.07) is 3.95. The smallest absolute Gasteiger partial charge is 0.352 e. The molecule has 0 N–H and O–H groups in total. The van der Waals surface area contributed by atoms with Gasteiger partial charge in [-0.05, 0) is 25.5 Å². The van der Waals surface area contributed by atoms with E-state index < -0.39 is 0 Å². The van der Waals surface area contributed by atoms with Crippen molar-refractivity contribution >= 4 is 23.1 Å². The quantitative estimate of drug-likeness (QED) is 0.775. The molecule has 1 saturated heterocycles. The summed E-state index contributed by atoms with van der Waals surface area (Å²) in [6.45, 7) is 6.97. The molecule has 24 heavy (non-hydrogen) atoms. The third-order valence-corrected chi connectivity index (χ3v) is 4.88. The molecule has 0 bridgehead atoms. The van der Waals surface area contributed by atoms with Crippen LogP contribution in [0.1, 0.15) is 29.2 Å². The molecule has 0 saturated carbocycles. The lowest BCUT2D eigenvalue weighted by atomic mass is 10.2. The second-order valence-electron chi connectivity index (χ2n) is 5.38. The van der Waals surface area contributed by atoms with Gasteiger partial charge in [-0.2, -0.15) is 0 Å². The lowest BCUT2D eigenvalue weighted by Crippen LogP contribution is -2.37. The molecule has 6 nitrogen and oxygen atoms in total. The van der Waals surface area contributed by atoms with Gasteiger partial charge in [0.05, 0.1) is 19.8 Å². The van der Waals surface area contributed by atoms with Crippen LogP contribution in [0.15, 0.2) is 18.3 Å². The fourth-order valence-electron chi connectivity index (χ4n) is 2.56. The Morgan fingerprint density at radius 1 is 1.38 bits per heavy atom. The van der Waals surface area contributed by atoms with Gasteiger partial charge < -0.3 is 14.4 Å². The van der Waals surface area contributed by atoms with Crippen molar-refractivity contribution in [2.45, 2.75) is 20.3 Å². The van der Waals surface area contributed by atoms with Crippen molar-refractivity contribution in [3.8, 4) is 10.6 Å². The number of thiazole rings is 1. The largest absolute Gasteiger partial charge is 0.462 e. The average Bonchev–Trinajstić information content (AvgIpc) is 3.08. The molecule has 2 aromatic rings. The molecule has 3 rings (SSSR count). The maximum atomic E-state index is 12.4. The van der Waals surface area contributed by atoms with Gasteiger partial charge in [-0.25, -0.2) is 9.78 Å². The first-order valence-electron chi connectivity index (χ1n) is 8.18. The Bertz CT molecular complexity index is 711. The van der Waals surface area contributed by atoms with Crippen LogP contribution in [0.2, 0.25) is 0 Å². The van der Waals surface area contributed by atoms with Crippen LogP contribution >= 0.6 is 11.3 Å². The van der Waals surface area contributed by atoms with Crippen LogP contribution in [-0.2, 0) is 15.9 Å². The van der Waals surface area contributed by atoms with Gasteiger partial charge in [-0.3, -0.25) is 4.98 Å². The molecule has 0 radical (unpaired) electrons. The van der Waals surface area contributed by atoms with Crippen LogP contribution in [0.3, 0.4) is 0 Å². The van der Waals surface area contributed by atoms with Crippen LogP contribution in [0.25, 0.3) is 10.6 Å². The molecule has 3 heterocycles. The van der Waals surface area contributed by atoms with Crippen molar-refractivity contribution in [3.63, 3.8) is 0 Å². The van der Waals surface area contributed by atoms with Crippen LogP contribution in [-0.4, -0.2) is 48.8 Å². The Labute approximate surface area is 145 Å². The predicted octanol–water partition coefficient (Wildman–Crippen LogP) is 2.78. The summed E-state index contributed by atoms with van der Waals surface area (Å²) in [7, 11) is 0. The summed E-state index contributed by atoms with van der Waals surface area (Å²) >= 11 is 1.38. The molecule has 0 atom stereocenters. The topological polar surface area (TPSA) is 64.5 Å². The number of anilines is 1. The highest BCUT2D eigenvalue weighted by Crippen LogP contribution is 2.34. The molecule has 1 fully saturated rings. The average molecular weight is 347 g/mol. The molecule has 0 amide bonds. The first kappa shape index (κ1) is 16.9. The lowest BCUT2D eigenvalue weighted by Gasteiger charge is -2.27. The van der Waals surface area contributed by atoms with Crippen LogP contribution in [0, 0.1) is 0 Å². The van der Waals surface area contributed by atoms with Gasteiger partial charge >= 0.3 is 5.97 Å². The van der Waals surface area contributed by atoms with E-state index in [1.165, 1.54) is 11.3 Å². The SMILES string of the molecule is CCOC(=O)c1sc(-c2ccnc(CC)c2)nc1N1CCOCC1. The molecule has 1 aliphatic heterocycles. The van der Waals surface area contributed by atoms with E-state index in [1.807, 2.05) is 19.1 Å². The van der Waals surface area contributed by atoms with E-state index in [0.717, 1.165) is 35.8 Å². The second-order valence-corrected chi connectivity index (χ2v) is 6.38. The number of morpholine rings is 1. The molecule has 128 valence electrons. The minimum atomic E-state index is -0.312. The molecule has 0 aliphatic carbocycles. The number of rotatable bonds is 5. The van der Waals surface area contributed by atoms with Crippen molar-refractivity contribution < 1.29 is 14.3 Å². The van der Waals surface area contributed by atoms with Gasteiger partial charge in [-0.15, -0.1) is 11.3 Å². The van der Waals surface area contributed by atoms with Crippen LogP contribution in [0.4, 0.5) is 5.82 Å². The fraction of sp³-hybridized carbons (Fsp3) is 0.471. The van der Waals surface area contributed by atoms with Gasteiger partial charge in [0.15, 0.2) is 10.7 Å². The number of ether oxygens (including phenoxy) is 2. The zero-order valence-corrected chi connectivity index (χ0v) is 14.8. The molecule has 0 aromatic carbocycles. The van der Waals surface area contributed by atoms with Gasteiger partial charge in [0.2, 0.25) is 0 Å². The van der Waals surface area contributed by atoms with E-state index in [9.17, 15) is 4.79 Å². The van der Waals surface area contributed by atoms with E-state index in [1.54, 1.807) is 6.20 Å². The number of aromatic nitrogens is 2. The first-order valence-corrected chi connectivity index (χ1v) is 9.00. The van der Waals surface area contributed by atoms with Gasteiger partial charge in [0.25, 0.3) is 0 Å². The zero-order valence-electron chi connectivity index (χ0n) is 13.9. The van der Waals surface area contributed by atoms with Crippen molar-refractivity contribution in [1.82, 2.24) is 9.97 Å². The van der Waals surface area contributed by atoms with Crippen molar-refractivity contribution in [2.75, 3.05) is 37.8 Å². The standard InChI is InChI=1S/C17H21N3O3S/c1-3-13-11-12(5-6-18-13)16-19-15(20-7-9-22-10-8-20)14(24-16)17(21)23-4-2/h5-6,11H,3-4,7-10H2,1-2H3. The highest BCUT2D eigenvalue weighted by molar-refractivity contribution is 7.17. The van der Waals surface area contributed by atoms with Gasteiger partial charge in [0.1, 0.15) is 5.01 Å². The Balaban J connectivity index is 1.99. The third kappa shape index (κ3) is 3.57. The minimum absolute atomic E-state index is 0.312. The zero-order chi connectivity index (χ0) is 16.9. The predicted molar refractivity (Wildman–Crippen MR) is 93.7 cm³/mol. The number of aryl methyl sites for hydroxylation is 1. The van der Waals surface area contributed by atoms with Crippen molar-refractivity contribution in [2.24, 2.45) is 0 Å². The summed E-state index contributed by atoms with van der Waals surface area (Å²) in [6.07, 6.45) is 2.65. The Morgan fingerprint density at radius 2 is 2.17 bits per heavy atom. The summed E-state index contributed by atoms with van der Waals surface area (Å²) in [5, 5.41) is 0.816. The van der Waals surface area contributed by atoms with E-state index in [4.69, 9.17) is 14.5 Å². The second kappa shape index (κ2) is 7.72. The van der Waals surface area contributed by atoms with E-state index in [2.05, 4.69) is 16.8 Å². The maximum Gasteiger partial charge on any atom is 0.352 e. The number of esters is 1. The minimum Gasteiger partial charge on any atom is -0.462 e. The summed E-state index contributed by atoms with van der Waals surface area (Å²) in [5.74, 6) is 0.388. The molecular formula is C17H21N3O3S. The molecule has 2 aromatic heterocycles. The van der Waals surface area contributed by atoms with Crippen LogP contribution < -0.4 is 4.90 Å². The number of carbonyl (C=O) groups is 1. The molecule has 0 unspecified atom stereocenters. The summed E-state index contributed by atoms with van der Waals surface area (Å²) < 4.78 is 10.6. The highest BCUT2D eigenvalue weighted by atomic mass is 32.1. The Hall–Kier alpha value is -1.99.